The molecule has 1 aliphatic carbocycles. The third-order valence-electron chi connectivity index (χ3n) is 4.16. The van der Waals surface area contributed by atoms with Crippen LogP contribution < -0.4 is 11.1 Å². The summed E-state index contributed by atoms with van der Waals surface area (Å²) in [4.78, 5) is 10.8. The predicted octanol–water partition coefficient (Wildman–Crippen LogP) is 3.22. The zero-order valence-corrected chi connectivity index (χ0v) is 12.0. The number of nitro benzene ring substituents is 1. The second-order valence-corrected chi connectivity index (χ2v) is 5.66. The SMILES string of the molecule is Cc1ccc(NC(CN)C2CCCCC2)c([N+](=O)[O-])c1. The lowest BCUT2D eigenvalue weighted by molar-refractivity contribution is -0.384. The van der Waals surface area contributed by atoms with Gasteiger partial charge in [-0.3, -0.25) is 10.1 Å². The molecule has 1 fully saturated rings. The van der Waals surface area contributed by atoms with Crippen molar-refractivity contribution < 1.29 is 4.92 Å². The molecular weight excluding hydrogens is 254 g/mol. The molecule has 1 aromatic carbocycles. The van der Waals surface area contributed by atoms with Gasteiger partial charge in [0, 0.05) is 18.7 Å². The summed E-state index contributed by atoms with van der Waals surface area (Å²) in [7, 11) is 0. The monoisotopic (exact) mass is 277 g/mol. The van der Waals surface area contributed by atoms with Gasteiger partial charge in [0.05, 0.1) is 4.92 Å². The van der Waals surface area contributed by atoms with E-state index < -0.39 is 0 Å². The molecule has 2 rings (SSSR count). The van der Waals surface area contributed by atoms with Gasteiger partial charge in [0.15, 0.2) is 0 Å². The van der Waals surface area contributed by atoms with Crippen molar-refractivity contribution in [2.75, 3.05) is 11.9 Å². The smallest absolute Gasteiger partial charge is 0.292 e. The second kappa shape index (κ2) is 6.70. The lowest BCUT2D eigenvalue weighted by atomic mass is 9.84. The van der Waals surface area contributed by atoms with Gasteiger partial charge < -0.3 is 11.1 Å². The molecule has 0 amide bonds. The first-order chi connectivity index (χ1) is 9.61. The summed E-state index contributed by atoms with van der Waals surface area (Å²) in [5.74, 6) is 0.523. The van der Waals surface area contributed by atoms with Gasteiger partial charge in [0.2, 0.25) is 0 Å². The average Bonchev–Trinajstić information content (AvgIpc) is 2.46. The normalized spacial score (nSPS) is 17.7. The minimum Gasteiger partial charge on any atom is -0.375 e. The van der Waals surface area contributed by atoms with Crippen LogP contribution in [0.1, 0.15) is 37.7 Å². The van der Waals surface area contributed by atoms with E-state index in [9.17, 15) is 10.1 Å². The molecule has 1 aromatic rings. The Hall–Kier alpha value is -1.62. The van der Waals surface area contributed by atoms with E-state index in [1.54, 1.807) is 12.1 Å². The lowest BCUT2D eigenvalue weighted by Gasteiger charge is -2.30. The number of nitro groups is 1. The van der Waals surface area contributed by atoms with Gasteiger partial charge in [-0.25, -0.2) is 0 Å². The first-order valence-electron chi connectivity index (χ1n) is 7.33. The molecule has 0 spiro atoms. The Morgan fingerprint density at radius 1 is 1.40 bits per heavy atom. The number of rotatable bonds is 5. The van der Waals surface area contributed by atoms with Gasteiger partial charge in [-0.2, -0.15) is 0 Å². The third-order valence-corrected chi connectivity index (χ3v) is 4.16. The minimum absolute atomic E-state index is 0.122. The highest BCUT2D eigenvalue weighted by atomic mass is 16.6. The van der Waals surface area contributed by atoms with Crippen LogP contribution in [0, 0.1) is 23.0 Å². The predicted molar refractivity (Wildman–Crippen MR) is 80.9 cm³/mol. The Kier molecular flexibility index (Phi) is 4.95. The molecule has 3 N–H and O–H groups in total. The van der Waals surface area contributed by atoms with Crippen LogP contribution >= 0.6 is 0 Å². The van der Waals surface area contributed by atoms with E-state index in [0.717, 1.165) is 18.4 Å². The maximum Gasteiger partial charge on any atom is 0.292 e. The Bertz CT molecular complexity index is 470. The van der Waals surface area contributed by atoms with E-state index in [0.29, 0.717) is 18.2 Å². The molecule has 0 radical (unpaired) electrons. The molecule has 0 bridgehead atoms. The molecule has 1 aliphatic rings. The maximum atomic E-state index is 11.2. The summed E-state index contributed by atoms with van der Waals surface area (Å²) >= 11 is 0. The maximum absolute atomic E-state index is 11.2. The number of hydrogen-bond acceptors (Lipinski definition) is 4. The van der Waals surface area contributed by atoms with E-state index in [1.807, 2.05) is 13.0 Å². The van der Waals surface area contributed by atoms with Crippen molar-refractivity contribution in [2.24, 2.45) is 11.7 Å². The minimum atomic E-state index is -0.330. The summed E-state index contributed by atoms with van der Waals surface area (Å²) < 4.78 is 0. The van der Waals surface area contributed by atoms with E-state index >= 15 is 0 Å². The molecule has 1 saturated carbocycles. The van der Waals surface area contributed by atoms with Crippen LogP contribution in [0.15, 0.2) is 18.2 Å². The van der Waals surface area contributed by atoms with Crippen molar-refractivity contribution in [3.63, 3.8) is 0 Å². The highest BCUT2D eigenvalue weighted by Gasteiger charge is 2.24. The second-order valence-electron chi connectivity index (χ2n) is 5.66. The molecule has 5 nitrogen and oxygen atoms in total. The first-order valence-corrected chi connectivity index (χ1v) is 7.33. The van der Waals surface area contributed by atoms with Crippen LogP contribution in [-0.2, 0) is 0 Å². The van der Waals surface area contributed by atoms with E-state index in [-0.39, 0.29) is 16.7 Å². The van der Waals surface area contributed by atoms with Gasteiger partial charge in [-0.05, 0) is 37.3 Å². The largest absolute Gasteiger partial charge is 0.375 e. The third kappa shape index (κ3) is 3.48. The van der Waals surface area contributed by atoms with Gasteiger partial charge >= 0.3 is 0 Å². The van der Waals surface area contributed by atoms with Crippen molar-refractivity contribution in [3.8, 4) is 0 Å². The van der Waals surface area contributed by atoms with Gasteiger partial charge in [0.25, 0.3) is 5.69 Å². The first kappa shape index (κ1) is 14.8. The van der Waals surface area contributed by atoms with Crippen molar-refractivity contribution >= 4 is 11.4 Å². The number of nitrogens with one attached hydrogen (secondary N) is 1. The highest BCUT2D eigenvalue weighted by molar-refractivity contribution is 5.63. The van der Waals surface area contributed by atoms with Crippen molar-refractivity contribution in [1.29, 1.82) is 0 Å². The molecule has 1 unspecified atom stereocenters. The molecule has 0 aliphatic heterocycles. The number of nitrogens with zero attached hydrogens (tertiary/aromatic N) is 1. The van der Waals surface area contributed by atoms with Crippen molar-refractivity contribution in [3.05, 3.63) is 33.9 Å². The standard InChI is InChI=1S/C15H23N3O2/c1-11-7-8-13(15(9-11)18(19)20)17-14(10-16)12-5-3-2-4-6-12/h7-9,12,14,17H,2-6,10,16H2,1H3. The fourth-order valence-electron chi connectivity index (χ4n) is 3.02. The average molecular weight is 277 g/mol. The van der Waals surface area contributed by atoms with Crippen LogP contribution in [0.3, 0.4) is 0 Å². The fraction of sp³-hybridized carbons (Fsp3) is 0.600. The van der Waals surface area contributed by atoms with Crippen LogP contribution in [0.25, 0.3) is 0 Å². The molecule has 5 heteroatoms. The molecule has 110 valence electrons. The highest BCUT2D eigenvalue weighted by Crippen LogP contribution is 2.31. The van der Waals surface area contributed by atoms with E-state index in [2.05, 4.69) is 5.32 Å². The number of aryl methyl sites for hydroxylation is 1. The van der Waals surface area contributed by atoms with Gasteiger partial charge in [0.1, 0.15) is 5.69 Å². The number of hydrogen-bond donors (Lipinski definition) is 2. The van der Waals surface area contributed by atoms with Gasteiger partial charge in [-0.1, -0.05) is 25.3 Å². The number of nitrogens with two attached hydrogens (primary N) is 1. The number of benzene rings is 1. The van der Waals surface area contributed by atoms with Crippen LogP contribution in [-0.4, -0.2) is 17.5 Å². The quantitative estimate of drug-likeness (QED) is 0.639. The Balaban J connectivity index is 2.16. The molecule has 0 saturated heterocycles. The molecule has 0 heterocycles. The van der Waals surface area contributed by atoms with E-state index in [4.69, 9.17) is 5.73 Å². The van der Waals surface area contributed by atoms with Crippen molar-refractivity contribution in [1.82, 2.24) is 0 Å². The lowest BCUT2D eigenvalue weighted by Crippen LogP contribution is -2.37. The molecule has 20 heavy (non-hydrogen) atoms. The summed E-state index contributed by atoms with van der Waals surface area (Å²) in [6.07, 6.45) is 6.08. The molecule has 1 atom stereocenters. The van der Waals surface area contributed by atoms with Gasteiger partial charge in [-0.15, -0.1) is 0 Å². The summed E-state index contributed by atoms with van der Waals surface area (Å²) in [5, 5.41) is 14.5. The topological polar surface area (TPSA) is 81.2 Å². The Morgan fingerprint density at radius 3 is 2.70 bits per heavy atom. The summed E-state index contributed by atoms with van der Waals surface area (Å²) in [5.41, 5.74) is 7.49. The Labute approximate surface area is 119 Å². The van der Waals surface area contributed by atoms with Crippen LogP contribution in [0.2, 0.25) is 0 Å². The fourth-order valence-corrected chi connectivity index (χ4v) is 3.02. The molecular formula is C15H23N3O2. The summed E-state index contributed by atoms with van der Waals surface area (Å²) in [6.45, 7) is 2.37. The van der Waals surface area contributed by atoms with Crippen LogP contribution in [0.5, 0.6) is 0 Å². The molecule has 0 aromatic heterocycles. The van der Waals surface area contributed by atoms with Crippen LogP contribution in [0.4, 0.5) is 11.4 Å². The van der Waals surface area contributed by atoms with Crippen molar-refractivity contribution in [2.45, 2.75) is 45.1 Å². The zero-order valence-electron chi connectivity index (χ0n) is 12.0. The number of anilines is 1. The summed E-state index contributed by atoms with van der Waals surface area (Å²) in [6, 6.07) is 5.41. The Morgan fingerprint density at radius 2 is 2.10 bits per heavy atom. The van der Waals surface area contributed by atoms with E-state index in [1.165, 1.54) is 19.3 Å². The zero-order chi connectivity index (χ0) is 14.5.